The molecule has 0 saturated carbocycles. The first kappa shape index (κ1) is 15.0. The van der Waals surface area contributed by atoms with E-state index in [1.807, 2.05) is 6.07 Å². The number of phenolic OH excluding ortho intramolecular Hbond substituents is 1. The van der Waals surface area contributed by atoms with Crippen LogP contribution < -0.4 is 5.56 Å². The second-order valence-corrected chi connectivity index (χ2v) is 5.57. The molecule has 1 N–H and O–H groups in total. The van der Waals surface area contributed by atoms with Crippen molar-refractivity contribution < 1.29 is 9.63 Å². The first-order chi connectivity index (χ1) is 12.1. The van der Waals surface area contributed by atoms with Crippen LogP contribution in [0.3, 0.4) is 0 Å². The molecule has 2 aromatic carbocycles. The Morgan fingerprint density at radius 2 is 1.88 bits per heavy atom. The third-order valence-corrected chi connectivity index (χ3v) is 3.78. The molecular formula is C17H13N5O3. The maximum Gasteiger partial charge on any atom is 0.278 e. The van der Waals surface area contributed by atoms with Gasteiger partial charge in [0.2, 0.25) is 5.89 Å². The number of benzene rings is 2. The summed E-state index contributed by atoms with van der Waals surface area (Å²) in [5.41, 5.74) is 1.94. The van der Waals surface area contributed by atoms with Gasteiger partial charge in [0.1, 0.15) is 17.8 Å². The summed E-state index contributed by atoms with van der Waals surface area (Å²) < 4.78 is 6.22. The summed E-state index contributed by atoms with van der Waals surface area (Å²) in [4.78, 5) is 16.8. The zero-order chi connectivity index (χ0) is 17.4. The molecule has 124 valence electrons. The molecule has 8 nitrogen and oxygen atoms in total. The molecule has 0 aliphatic heterocycles. The lowest BCUT2D eigenvalue weighted by Crippen LogP contribution is -2.25. The summed E-state index contributed by atoms with van der Waals surface area (Å²) >= 11 is 0. The molecule has 0 unspecified atom stereocenters. The van der Waals surface area contributed by atoms with E-state index in [0.29, 0.717) is 22.6 Å². The molecule has 0 saturated heterocycles. The maximum atomic E-state index is 12.7. The van der Waals surface area contributed by atoms with E-state index in [1.54, 1.807) is 43.3 Å². The summed E-state index contributed by atoms with van der Waals surface area (Å²) in [5.74, 6) is 0.974. The van der Waals surface area contributed by atoms with E-state index in [-0.39, 0.29) is 17.9 Å². The Kier molecular flexibility index (Phi) is 3.50. The lowest BCUT2D eigenvalue weighted by molar-refractivity contribution is 0.358. The number of nitrogens with zero attached hydrogens (tertiary/aromatic N) is 5. The van der Waals surface area contributed by atoms with Gasteiger partial charge in [-0.2, -0.15) is 4.98 Å². The Balaban J connectivity index is 1.79. The third kappa shape index (κ3) is 2.85. The van der Waals surface area contributed by atoms with E-state index in [9.17, 15) is 9.90 Å². The molecule has 4 aromatic rings. The molecule has 0 bridgehead atoms. The number of hydrogen-bond donors (Lipinski definition) is 1. The molecule has 4 rings (SSSR count). The van der Waals surface area contributed by atoms with E-state index < -0.39 is 0 Å². The Morgan fingerprint density at radius 1 is 1.12 bits per heavy atom. The molecule has 0 spiro atoms. The van der Waals surface area contributed by atoms with E-state index in [4.69, 9.17) is 4.52 Å². The monoisotopic (exact) mass is 335 g/mol. The fourth-order valence-electron chi connectivity index (χ4n) is 2.55. The van der Waals surface area contributed by atoms with Crippen molar-refractivity contribution in [3.05, 3.63) is 64.5 Å². The normalized spacial score (nSPS) is 11.1. The van der Waals surface area contributed by atoms with Gasteiger partial charge in [-0.15, -0.1) is 5.10 Å². The van der Waals surface area contributed by atoms with Crippen molar-refractivity contribution in [1.82, 2.24) is 25.1 Å². The van der Waals surface area contributed by atoms with Gasteiger partial charge in [0.25, 0.3) is 5.56 Å². The second kappa shape index (κ2) is 5.82. The third-order valence-electron chi connectivity index (χ3n) is 3.78. The zero-order valence-electron chi connectivity index (χ0n) is 13.2. The molecule has 0 radical (unpaired) electrons. The van der Waals surface area contributed by atoms with Gasteiger partial charge in [0, 0.05) is 0 Å². The Bertz CT molecular complexity index is 1120. The maximum absolute atomic E-state index is 12.7. The van der Waals surface area contributed by atoms with Crippen LogP contribution in [-0.4, -0.2) is 30.2 Å². The number of rotatable bonds is 3. The minimum atomic E-state index is -0.290. The molecule has 8 heteroatoms. The molecule has 2 aromatic heterocycles. The van der Waals surface area contributed by atoms with Crippen LogP contribution in [0.15, 0.2) is 51.8 Å². The zero-order valence-corrected chi connectivity index (χ0v) is 13.2. The minimum absolute atomic E-state index is 0.0616. The minimum Gasteiger partial charge on any atom is -0.508 e. The first-order valence-electron chi connectivity index (χ1n) is 7.56. The molecular weight excluding hydrogens is 322 g/mol. The molecule has 0 aliphatic carbocycles. The van der Waals surface area contributed by atoms with Crippen molar-refractivity contribution in [2.24, 2.45) is 0 Å². The number of aromatic nitrogens is 5. The average molecular weight is 335 g/mol. The lowest BCUT2D eigenvalue weighted by Gasteiger charge is -2.05. The van der Waals surface area contributed by atoms with E-state index in [1.165, 1.54) is 4.68 Å². The average Bonchev–Trinajstić information content (AvgIpc) is 3.03. The highest BCUT2D eigenvalue weighted by atomic mass is 16.5. The Morgan fingerprint density at radius 3 is 2.60 bits per heavy atom. The summed E-state index contributed by atoms with van der Waals surface area (Å²) in [6.07, 6.45) is 0. The van der Waals surface area contributed by atoms with Gasteiger partial charge in [0.15, 0.2) is 5.82 Å². The van der Waals surface area contributed by atoms with Crippen LogP contribution in [0.5, 0.6) is 5.75 Å². The SMILES string of the molecule is Cc1noc(Cn2nnc3ccc(-c4ccc(O)cc4)cc3c2=O)n1. The quantitative estimate of drug-likeness (QED) is 0.609. The number of hydrogen-bond acceptors (Lipinski definition) is 7. The van der Waals surface area contributed by atoms with Crippen LogP contribution in [0, 0.1) is 6.92 Å². The summed E-state index contributed by atoms with van der Waals surface area (Å²) in [7, 11) is 0. The van der Waals surface area contributed by atoms with Crippen molar-refractivity contribution in [3.8, 4) is 16.9 Å². The second-order valence-electron chi connectivity index (χ2n) is 5.57. The van der Waals surface area contributed by atoms with Gasteiger partial charge in [0.05, 0.1) is 5.39 Å². The van der Waals surface area contributed by atoms with E-state index in [0.717, 1.165) is 11.1 Å². The number of fused-ring (bicyclic) bond motifs is 1. The Labute approximate surface area is 141 Å². The lowest BCUT2D eigenvalue weighted by atomic mass is 10.0. The molecule has 0 atom stereocenters. The van der Waals surface area contributed by atoms with Crippen LogP contribution >= 0.6 is 0 Å². The standard InChI is InChI=1S/C17H13N5O3/c1-10-18-16(25-20-10)9-22-17(24)14-8-12(4-7-15(14)19-21-22)11-2-5-13(23)6-3-11/h2-8,23H,9H2,1H3. The van der Waals surface area contributed by atoms with Crippen molar-refractivity contribution in [2.45, 2.75) is 13.5 Å². The van der Waals surface area contributed by atoms with Gasteiger partial charge in [-0.05, 0) is 42.3 Å². The predicted octanol–water partition coefficient (Wildman–Crippen LogP) is 1.90. The van der Waals surface area contributed by atoms with Crippen molar-refractivity contribution >= 4 is 10.9 Å². The van der Waals surface area contributed by atoms with Crippen LogP contribution in [0.4, 0.5) is 0 Å². The van der Waals surface area contributed by atoms with Crippen LogP contribution in [0.1, 0.15) is 11.7 Å². The number of aryl methyl sites for hydroxylation is 1. The number of phenols is 1. The molecule has 0 aliphatic rings. The number of aromatic hydroxyl groups is 1. The molecule has 25 heavy (non-hydrogen) atoms. The van der Waals surface area contributed by atoms with Crippen molar-refractivity contribution in [2.75, 3.05) is 0 Å². The predicted molar refractivity (Wildman–Crippen MR) is 89.0 cm³/mol. The molecule has 0 amide bonds. The highest BCUT2D eigenvalue weighted by Crippen LogP contribution is 2.23. The van der Waals surface area contributed by atoms with E-state index >= 15 is 0 Å². The molecule has 2 heterocycles. The fourth-order valence-corrected chi connectivity index (χ4v) is 2.55. The van der Waals surface area contributed by atoms with Gasteiger partial charge in [-0.1, -0.05) is 28.6 Å². The Hall–Kier alpha value is -3.55. The van der Waals surface area contributed by atoms with E-state index in [2.05, 4.69) is 20.5 Å². The topological polar surface area (TPSA) is 107 Å². The first-order valence-corrected chi connectivity index (χ1v) is 7.56. The van der Waals surface area contributed by atoms with Crippen LogP contribution in [0.2, 0.25) is 0 Å². The van der Waals surface area contributed by atoms with Gasteiger partial charge >= 0.3 is 0 Å². The molecule has 0 fully saturated rings. The van der Waals surface area contributed by atoms with Gasteiger partial charge in [-0.3, -0.25) is 4.79 Å². The highest BCUT2D eigenvalue weighted by molar-refractivity contribution is 5.83. The van der Waals surface area contributed by atoms with Crippen LogP contribution in [-0.2, 0) is 6.54 Å². The van der Waals surface area contributed by atoms with Crippen molar-refractivity contribution in [1.29, 1.82) is 0 Å². The van der Waals surface area contributed by atoms with Gasteiger partial charge < -0.3 is 9.63 Å². The fraction of sp³-hybridized carbons (Fsp3) is 0.118. The van der Waals surface area contributed by atoms with Crippen LogP contribution in [0.25, 0.3) is 22.0 Å². The summed E-state index contributed by atoms with van der Waals surface area (Å²) in [5, 5.41) is 21.5. The van der Waals surface area contributed by atoms with Crippen molar-refractivity contribution in [3.63, 3.8) is 0 Å². The highest BCUT2D eigenvalue weighted by Gasteiger charge is 2.11. The summed E-state index contributed by atoms with van der Waals surface area (Å²) in [6, 6.07) is 12.1. The van der Waals surface area contributed by atoms with Gasteiger partial charge in [-0.25, -0.2) is 4.68 Å². The smallest absolute Gasteiger partial charge is 0.278 e. The largest absolute Gasteiger partial charge is 0.508 e. The summed E-state index contributed by atoms with van der Waals surface area (Å²) in [6.45, 7) is 1.76.